The van der Waals surface area contributed by atoms with Crippen molar-refractivity contribution in [3.63, 3.8) is 0 Å². The zero-order valence-corrected chi connectivity index (χ0v) is 28.5. The Hall–Kier alpha value is -4.55. The van der Waals surface area contributed by atoms with Crippen LogP contribution in [0.4, 0.5) is 0 Å². The van der Waals surface area contributed by atoms with E-state index in [1.165, 1.54) is 4.31 Å². The van der Waals surface area contributed by atoms with Gasteiger partial charge in [0.05, 0.1) is 23.9 Å². The van der Waals surface area contributed by atoms with E-state index < -0.39 is 21.5 Å². The number of nitrogens with two attached hydrogens (primary N) is 1. The fourth-order valence-electron chi connectivity index (χ4n) is 6.65. The number of nitrogens with zero attached hydrogens (tertiary/aromatic N) is 6. The number of rotatable bonds is 9. The van der Waals surface area contributed by atoms with Gasteiger partial charge < -0.3 is 15.0 Å². The van der Waals surface area contributed by atoms with E-state index in [4.69, 9.17) is 10.5 Å². The maximum atomic E-state index is 14.0. The summed E-state index contributed by atoms with van der Waals surface area (Å²) in [4.78, 5) is 16.5. The molecule has 47 heavy (non-hydrogen) atoms. The minimum absolute atomic E-state index is 0.179. The Labute approximate surface area is 275 Å². The predicted molar refractivity (Wildman–Crippen MR) is 180 cm³/mol. The number of imidazole rings is 1. The second kappa shape index (κ2) is 12.2. The normalized spacial score (nSPS) is 17.2. The molecule has 2 N–H and O–H groups in total. The van der Waals surface area contributed by atoms with E-state index in [0.29, 0.717) is 18.7 Å². The highest BCUT2D eigenvalue weighted by atomic mass is 32.2. The number of hydrogen-bond acceptors (Lipinski definition) is 7. The van der Waals surface area contributed by atoms with Gasteiger partial charge in [-0.3, -0.25) is 4.79 Å². The minimum Gasteiger partial charge on any atom is -0.488 e. The van der Waals surface area contributed by atoms with E-state index in [1.54, 1.807) is 36.8 Å². The Morgan fingerprint density at radius 3 is 2.57 bits per heavy atom. The summed E-state index contributed by atoms with van der Waals surface area (Å²) in [7, 11) is -3.84. The summed E-state index contributed by atoms with van der Waals surface area (Å²) >= 11 is 0. The third kappa shape index (κ3) is 5.69. The number of hydrogen-bond donors (Lipinski definition) is 1. The molecular formula is C35H41N7O4S. The average Bonchev–Trinajstić information content (AvgIpc) is 3.70. The van der Waals surface area contributed by atoms with Crippen molar-refractivity contribution in [2.45, 2.75) is 83.5 Å². The SMILES string of the molecule is CC[C@@H]1CN(Cc2cc([C@@H](c3ccc4c(nnn4CC)c3C)C(C)(C)n3cnc(C(N)=O)c3)ccc2C)S(=O)(=O)c2ccccc2O1. The van der Waals surface area contributed by atoms with Crippen molar-refractivity contribution in [2.75, 3.05) is 6.54 Å². The van der Waals surface area contributed by atoms with Crippen LogP contribution in [0.1, 0.15) is 78.3 Å². The van der Waals surface area contributed by atoms with Crippen LogP contribution in [0.15, 0.2) is 72.0 Å². The Morgan fingerprint density at radius 1 is 1.11 bits per heavy atom. The summed E-state index contributed by atoms with van der Waals surface area (Å²) in [5, 5.41) is 8.88. The summed E-state index contributed by atoms with van der Waals surface area (Å²) in [5.41, 5.74) is 11.8. The molecule has 0 spiro atoms. The molecule has 0 radical (unpaired) electrons. The van der Waals surface area contributed by atoms with Gasteiger partial charge in [0.15, 0.2) is 0 Å². The fraction of sp³-hybridized carbons (Fsp3) is 0.371. The molecule has 0 saturated carbocycles. The molecule has 11 nitrogen and oxygen atoms in total. The van der Waals surface area contributed by atoms with Gasteiger partial charge in [0.25, 0.3) is 5.91 Å². The number of aryl methyl sites for hydroxylation is 3. The molecule has 1 aliphatic heterocycles. The molecule has 12 heteroatoms. The van der Waals surface area contributed by atoms with E-state index in [0.717, 1.165) is 38.9 Å². The van der Waals surface area contributed by atoms with Gasteiger partial charge in [-0.2, -0.15) is 4.31 Å². The van der Waals surface area contributed by atoms with E-state index in [-0.39, 0.29) is 35.7 Å². The lowest BCUT2D eigenvalue weighted by atomic mass is 9.74. The van der Waals surface area contributed by atoms with Crippen LogP contribution in [-0.4, -0.2) is 55.8 Å². The summed E-state index contributed by atoms with van der Waals surface area (Å²) in [6.07, 6.45) is 3.70. The van der Waals surface area contributed by atoms with Crippen molar-refractivity contribution in [1.82, 2.24) is 28.9 Å². The van der Waals surface area contributed by atoms with E-state index in [2.05, 4.69) is 54.3 Å². The minimum atomic E-state index is -3.84. The van der Waals surface area contributed by atoms with Crippen molar-refractivity contribution in [1.29, 1.82) is 0 Å². The highest BCUT2D eigenvalue weighted by Gasteiger charge is 2.38. The lowest BCUT2D eigenvalue weighted by molar-refractivity contribution is 0.0995. The van der Waals surface area contributed by atoms with Gasteiger partial charge in [-0.15, -0.1) is 5.10 Å². The molecule has 3 heterocycles. The van der Waals surface area contributed by atoms with Crippen LogP contribution in [0.3, 0.4) is 0 Å². The van der Waals surface area contributed by atoms with Crippen molar-refractivity contribution in [3.8, 4) is 5.75 Å². The number of ether oxygens (including phenoxy) is 1. The van der Waals surface area contributed by atoms with Gasteiger partial charge in [-0.1, -0.05) is 48.5 Å². The van der Waals surface area contributed by atoms with Crippen molar-refractivity contribution < 1.29 is 17.9 Å². The second-order valence-corrected chi connectivity index (χ2v) is 14.7. The first-order valence-electron chi connectivity index (χ1n) is 15.9. The van der Waals surface area contributed by atoms with Gasteiger partial charge in [0.1, 0.15) is 28.0 Å². The number of para-hydroxylation sites is 1. The van der Waals surface area contributed by atoms with Crippen LogP contribution in [0, 0.1) is 13.8 Å². The molecule has 246 valence electrons. The van der Waals surface area contributed by atoms with Gasteiger partial charge in [-0.25, -0.2) is 18.1 Å². The number of primary amides is 1. The molecule has 0 aliphatic carbocycles. The second-order valence-electron chi connectivity index (χ2n) is 12.7. The first-order chi connectivity index (χ1) is 22.4. The highest BCUT2D eigenvalue weighted by Crippen LogP contribution is 2.43. The van der Waals surface area contributed by atoms with Crippen molar-refractivity contribution in [2.24, 2.45) is 5.73 Å². The molecule has 6 rings (SSSR count). The maximum Gasteiger partial charge on any atom is 0.268 e. The number of fused-ring (bicyclic) bond motifs is 2. The summed E-state index contributed by atoms with van der Waals surface area (Å²) < 4.78 is 39.5. The molecule has 0 unspecified atom stereocenters. The Balaban J connectivity index is 1.49. The molecule has 0 saturated heterocycles. The zero-order chi connectivity index (χ0) is 33.7. The number of benzene rings is 3. The monoisotopic (exact) mass is 655 g/mol. The van der Waals surface area contributed by atoms with E-state index in [9.17, 15) is 13.2 Å². The third-order valence-electron chi connectivity index (χ3n) is 9.48. The smallest absolute Gasteiger partial charge is 0.268 e. The molecule has 2 aromatic heterocycles. The third-order valence-corrected chi connectivity index (χ3v) is 11.3. The van der Waals surface area contributed by atoms with Gasteiger partial charge in [-0.05, 0) is 87.1 Å². The Morgan fingerprint density at radius 2 is 1.87 bits per heavy atom. The van der Waals surface area contributed by atoms with Crippen LogP contribution in [0.5, 0.6) is 5.75 Å². The predicted octanol–water partition coefficient (Wildman–Crippen LogP) is 5.29. The standard InChI is InChI=1S/C35H41N7O4S/c1-7-26-19-41(47(44,45)31-12-10-9-11-30(31)46-26)18-25-17-24(14-13-22(25)3)32(35(5,6)40-20-28(34(36)43)37-21-40)27-15-16-29-33(23(27)4)38-39-42(29)8-2/h9-17,20-21,26,32H,7-8,18-19H2,1-6H3,(H2,36,43)/t26-,32+/m1/s1. The van der Waals surface area contributed by atoms with Crippen LogP contribution >= 0.6 is 0 Å². The zero-order valence-electron chi connectivity index (χ0n) is 27.6. The van der Waals surface area contributed by atoms with Crippen LogP contribution in [0.2, 0.25) is 0 Å². The van der Waals surface area contributed by atoms with E-state index in [1.807, 2.05) is 42.2 Å². The number of carbonyl (C=O) groups is 1. The maximum absolute atomic E-state index is 14.0. The molecule has 5 aromatic rings. The first-order valence-corrected chi connectivity index (χ1v) is 17.3. The number of aromatic nitrogens is 5. The number of sulfonamides is 1. The summed E-state index contributed by atoms with van der Waals surface area (Å²) in [6, 6.07) is 17.2. The molecule has 1 amide bonds. The highest BCUT2D eigenvalue weighted by molar-refractivity contribution is 7.89. The summed E-state index contributed by atoms with van der Waals surface area (Å²) in [6.45, 7) is 13.4. The van der Waals surface area contributed by atoms with Gasteiger partial charge >= 0.3 is 0 Å². The molecule has 1 aliphatic rings. The quantitative estimate of drug-likeness (QED) is 0.228. The summed E-state index contributed by atoms with van der Waals surface area (Å²) in [5.74, 6) is -0.478. The number of carbonyl (C=O) groups excluding carboxylic acids is 1. The molecule has 2 atom stereocenters. The number of amides is 1. The van der Waals surface area contributed by atoms with Crippen molar-refractivity contribution in [3.05, 3.63) is 101 Å². The lowest BCUT2D eigenvalue weighted by Crippen LogP contribution is -2.37. The Kier molecular flexibility index (Phi) is 8.43. The fourth-order valence-corrected chi connectivity index (χ4v) is 8.22. The average molecular weight is 656 g/mol. The molecular weight excluding hydrogens is 614 g/mol. The molecule has 0 fully saturated rings. The largest absolute Gasteiger partial charge is 0.488 e. The van der Waals surface area contributed by atoms with Crippen LogP contribution < -0.4 is 10.5 Å². The van der Waals surface area contributed by atoms with Gasteiger partial charge in [0, 0.05) is 25.2 Å². The van der Waals surface area contributed by atoms with Crippen LogP contribution in [-0.2, 0) is 28.7 Å². The first kappa shape index (κ1) is 32.4. The molecule has 0 bridgehead atoms. The molecule has 3 aromatic carbocycles. The lowest BCUT2D eigenvalue weighted by Gasteiger charge is -2.38. The van der Waals surface area contributed by atoms with Crippen LogP contribution in [0.25, 0.3) is 11.0 Å². The Bertz CT molecular complexity index is 2080. The van der Waals surface area contributed by atoms with Gasteiger partial charge in [0.2, 0.25) is 10.0 Å². The van der Waals surface area contributed by atoms with E-state index >= 15 is 0 Å². The van der Waals surface area contributed by atoms with Crippen molar-refractivity contribution >= 4 is 27.0 Å². The topological polar surface area (TPSA) is 138 Å².